The van der Waals surface area contributed by atoms with Crippen molar-refractivity contribution < 1.29 is 9.47 Å². The van der Waals surface area contributed by atoms with Crippen LogP contribution < -0.4 is 10.5 Å². The van der Waals surface area contributed by atoms with Gasteiger partial charge < -0.3 is 15.2 Å². The Morgan fingerprint density at radius 3 is 3.06 bits per heavy atom. The Balaban J connectivity index is 1.54. The summed E-state index contributed by atoms with van der Waals surface area (Å²) in [7, 11) is 0. The predicted octanol–water partition coefficient (Wildman–Crippen LogP) is 2.19. The lowest BCUT2D eigenvalue weighted by Gasteiger charge is -2.19. The predicted molar refractivity (Wildman–Crippen MR) is 70.9 cm³/mol. The molecule has 0 amide bonds. The van der Waals surface area contributed by atoms with E-state index in [0.29, 0.717) is 6.61 Å². The van der Waals surface area contributed by atoms with Crippen LogP contribution in [0.4, 0.5) is 0 Å². The van der Waals surface area contributed by atoms with Gasteiger partial charge >= 0.3 is 0 Å². The molecule has 1 aliphatic heterocycles. The summed E-state index contributed by atoms with van der Waals surface area (Å²) in [6.07, 6.45) is 4.74. The van der Waals surface area contributed by atoms with Gasteiger partial charge in [0.1, 0.15) is 11.9 Å². The van der Waals surface area contributed by atoms with E-state index in [0.717, 1.165) is 25.0 Å². The SMILES string of the molecule is Cc1ccc2c(c1)CC(COC1CCCC1N)O2. The first-order valence-corrected chi connectivity index (χ1v) is 6.86. The summed E-state index contributed by atoms with van der Waals surface area (Å²) < 4.78 is 11.8. The molecule has 98 valence electrons. The van der Waals surface area contributed by atoms with E-state index in [2.05, 4.69) is 25.1 Å². The Morgan fingerprint density at radius 2 is 2.28 bits per heavy atom. The molecule has 18 heavy (non-hydrogen) atoms. The maximum atomic E-state index is 6.00. The number of ether oxygens (including phenoxy) is 2. The number of nitrogens with two attached hydrogens (primary N) is 1. The maximum Gasteiger partial charge on any atom is 0.126 e. The van der Waals surface area contributed by atoms with E-state index in [4.69, 9.17) is 15.2 Å². The molecular formula is C15H21NO2. The molecule has 1 fully saturated rings. The highest BCUT2D eigenvalue weighted by Gasteiger charge is 2.28. The molecule has 0 saturated heterocycles. The van der Waals surface area contributed by atoms with Gasteiger partial charge in [0.25, 0.3) is 0 Å². The van der Waals surface area contributed by atoms with Crippen molar-refractivity contribution >= 4 is 0 Å². The second kappa shape index (κ2) is 4.90. The first kappa shape index (κ1) is 12.0. The quantitative estimate of drug-likeness (QED) is 0.890. The van der Waals surface area contributed by atoms with E-state index in [1.54, 1.807) is 0 Å². The van der Waals surface area contributed by atoms with Crippen molar-refractivity contribution in [1.29, 1.82) is 0 Å². The van der Waals surface area contributed by atoms with Crippen molar-refractivity contribution in [2.24, 2.45) is 5.73 Å². The van der Waals surface area contributed by atoms with Crippen LogP contribution in [0, 0.1) is 6.92 Å². The molecule has 1 aliphatic carbocycles. The van der Waals surface area contributed by atoms with Crippen molar-refractivity contribution in [2.45, 2.75) is 50.9 Å². The molecule has 2 N–H and O–H groups in total. The molecule has 1 aromatic rings. The van der Waals surface area contributed by atoms with Gasteiger partial charge in [-0.1, -0.05) is 17.7 Å². The largest absolute Gasteiger partial charge is 0.487 e. The highest BCUT2D eigenvalue weighted by Crippen LogP contribution is 2.30. The molecule has 0 aromatic heterocycles. The number of hydrogen-bond donors (Lipinski definition) is 1. The van der Waals surface area contributed by atoms with Crippen LogP contribution in [-0.2, 0) is 11.2 Å². The average molecular weight is 247 g/mol. The van der Waals surface area contributed by atoms with Gasteiger partial charge in [-0.25, -0.2) is 0 Å². The van der Waals surface area contributed by atoms with E-state index in [1.165, 1.54) is 17.5 Å². The zero-order valence-electron chi connectivity index (χ0n) is 10.9. The topological polar surface area (TPSA) is 44.5 Å². The van der Waals surface area contributed by atoms with Gasteiger partial charge in [0.05, 0.1) is 12.7 Å². The molecule has 0 radical (unpaired) electrons. The molecule has 0 bridgehead atoms. The van der Waals surface area contributed by atoms with E-state index in [-0.39, 0.29) is 18.2 Å². The second-order valence-electron chi connectivity index (χ2n) is 5.52. The Hall–Kier alpha value is -1.06. The van der Waals surface area contributed by atoms with Crippen LogP contribution in [-0.4, -0.2) is 24.9 Å². The summed E-state index contributed by atoms with van der Waals surface area (Å²) in [6.45, 7) is 2.77. The third-order valence-corrected chi connectivity index (χ3v) is 3.96. The molecule has 0 spiro atoms. The fourth-order valence-electron chi connectivity index (χ4n) is 2.93. The lowest BCUT2D eigenvalue weighted by molar-refractivity contribution is 0.00342. The summed E-state index contributed by atoms with van der Waals surface area (Å²) >= 11 is 0. The second-order valence-corrected chi connectivity index (χ2v) is 5.52. The van der Waals surface area contributed by atoms with Crippen LogP contribution in [0.5, 0.6) is 5.75 Å². The van der Waals surface area contributed by atoms with Crippen LogP contribution in [0.1, 0.15) is 30.4 Å². The lowest BCUT2D eigenvalue weighted by Crippen LogP contribution is -2.34. The zero-order chi connectivity index (χ0) is 12.5. The van der Waals surface area contributed by atoms with E-state index < -0.39 is 0 Å². The van der Waals surface area contributed by atoms with Crippen LogP contribution in [0.3, 0.4) is 0 Å². The van der Waals surface area contributed by atoms with Crippen LogP contribution >= 0.6 is 0 Å². The molecule has 2 aliphatic rings. The van der Waals surface area contributed by atoms with Crippen molar-refractivity contribution in [2.75, 3.05) is 6.61 Å². The standard InChI is InChI=1S/C15H21NO2/c1-10-5-6-14-11(7-10)8-12(18-14)9-17-15-4-2-3-13(15)16/h5-7,12-13,15H,2-4,8-9,16H2,1H3. The van der Waals surface area contributed by atoms with Gasteiger partial charge in [0, 0.05) is 12.5 Å². The Labute approximate surface area is 108 Å². The van der Waals surface area contributed by atoms with Gasteiger partial charge in [-0.2, -0.15) is 0 Å². The van der Waals surface area contributed by atoms with E-state index in [1.807, 2.05) is 0 Å². The molecule has 3 atom stereocenters. The number of fused-ring (bicyclic) bond motifs is 1. The first-order valence-electron chi connectivity index (χ1n) is 6.86. The van der Waals surface area contributed by atoms with Crippen molar-refractivity contribution in [3.8, 4) is 5.75 Å². The van der Waals surface area contributed by atoms with Crippen molar-refractivity contribution in [3.05, 3.63) is 29.3 Å². The third kappa shape index (κ3) is 2.38. The van der Waals surface area contributed by atoms with Gasteiger partial charge in [-0.05, 0) is 37.8 Å². The van der Waals surface area contributed by atoms with Gasteiger partial charge in [0.15, 0.2) is 0 Å². The highest BCUT2D eigenvalue weighted by atomic mass is 16.5. The van der Waals surface area contributed by atoms with Crippen LogP contribution in [0.2, 0.25) is 0 Å². The van der Waals surface area contributed by atoms with Crippen molar-refractivity contribution in [1.82, 2.24) is 0 Å². The third-order valence-electron chi connectivity index (χ3n) is 3.96. The molecule has 3 rings (SSSR count). The number of rotatable bonds is 3. The fraction of sp³-hybridized carbons (Fsp3) is 0.600. The molecule has 1 aromatic carbocycles. The lowest BCUT2D eigenvalue weighted by atomic mass is 10.1. The summed E-state index contributed by atoms with van der Waals surface area (Å²) in [5.41, 5.74) is 8.60. The summed E-state index contributed by atoms with van der Waals surface area (Å²) in [6, 6.07) is 6.58. The summed E-state index contributed by atoms with van der Waals surface area (Å²) in [4.78, 5) is 0. The van der Waals surface area contributed by atoms with Crippen LogP contribution in [0.25, 0.3) is 0 Å². The zero-order valence-corrected chi connectivity index (χ0v) is 10.9. The number of aryl methyl sites for hydroxylation is 1. The summed E-state index contributed by atoms with van der Waals surface area (Å²) in [5, 5.41) is 0. The first-order chi connectivity index (χ1) is 8.72. The molecule has 3 nitrogen and oxygen atoms in total. The van der Waals surface area contributed by atoms with E-state index in [9.17, 15) is 0 Å². The van der Waals surface area contributed by atoms with Gasteiger partial charge in [-0.15, -0.1) is 0 Å². The van der Waals surface area contributed by atoms with Gasteiger partial charge in [-0.3, -0.25) is 0 Å². The minimum absolute atomic E-state index is 0.162. The molecule has 1 saturated carbocycles. The van der Waals surface area contributed by atoms with E-state index >= 15 is 0 Å². The Kier molecular flexibility index (Phi) is 3.27. The Bertz CT molecular complexity index is 433. The Morgan fingerprint density at radius 1 is 1.39 bits per heavy atom. The molecular weight excluding hydrogens is 226 g/mol. The normalized spacial score (nSPS) is 30.2. The average Bonchev–Trinajstić information content (AvgIpc) is 2.92. The number of hydrogen-bond acceptors (Lipinski definition) is 3. The molecule has 3 unspecified atom stereocenters. The minimum atomic E-state index is 0.162. The molecule has 1 heterocycles. The minimum Gasteiger partial charge on any atom is -0.487 e. The van der Waals surface area contributed by atoms with Gasteiger partial charge in [0.2, 0.25) is 0 Å². The highest BCUT2D eigenvalue weighted by molar-refractivity contribution is 5.40. The summed E-state index contributed by atoms with van der Waals surface area (Å²) in [5.74, 6) is 1.02. The maximum absolute atomic E-state index is 6.00. The molecule has 3 heteroatoms. The van der Waals surface area contributed by atoms with Crippen molar-refractivity contribution in [3.63, 3.8) is 0 Å². The number of benzene rings is 1. The van der Waals surface area contributed by atoms with Crippen LogP contribution in [0.15, 0.2) is 18.2 Å². The fourth-order valence-corrected chi connectivity index (χ4v) is 2.93. The smallest absolute Gasteiger partial charge is 0.126 e. The monoisotopic (exact) mass is 247 g/mol.